The molecule has 0 amide bonds. The second-order valence-corrected chi connectivity index (χ2v) is 4.63. The number of esters is 2. The van der Waals surface area contributed by atoms with Gasteiger partial charge in [0.1, 0.15) is 11.3 Å². The van der Waals surface area contributed by atoms with Crippen LogP contribution in [0.4, 0.5) is 0 Å². The van der Waals surface area contributed by atoms with Gasteiger partial charge in [0.2, 0.25) is 5.92 Å². The van der Waals surface area contributed by atoms with E-state index >= 15 is 0 Å². The van der Waals surface area contributed by atoms with Crippen LogP contribution < -0.4 is 0 Å². The smallest absolute Gasteiger partial charge is 0.328 e. The number of carbonyl (C=O) groups excluding carboxylic acids is 2. The highest BCUT2D eigenvalue weighted by Gasteiger charge is 2.34. The molecule has 0 bridgehead atoms. The fourth-order valence-corrected chi connectivity index (χ4v) is 2.11. The molecule has 5 heteroatoms. The lowest BCUT2D eigenvalue weighted by Crippen LogP contribution is -2.25. The molecule has 0 unspecified atom stereocenters. The molecule has 2 aromatic rings. The van der Waals surface area contributed by atoms with E-state index in [-0.39, 0.29) is 19.0 Å². The van der Waals surface area contributed by atoms with Gasteiger partial charge in [-0.1, -0.05) is 11.6 Å². The van der Waals surface area contributed by atoms with Crippen molar-refractivity contribution in [3.63, 3.8) is 0 Å². The number of fused-ring (bicyclic) bond motifs is 1. The number of rotatable bonds is 5. The molecule has 0 aliphatic heterocycles. The van der Waals surface area contributed by atoms with E-state index in [1.54, 1.807) is 19.9 Å². The lowest BCUT2D eigenvalue weighted by Gasteiger charge is -2.11. The predicted molar refractivity (Wildman–Crippen MR) is 77.0 cm³/mol. The Hall–Kier alpha value is -2.30. The van der Waals surface area contributed by atoms with Gasteiger partial charge in [-0.3, -0.25) is 9.59 Å². The van der Waals surface area contributed by atoms with Crippen molar-refractivity contribution in [3.8, 4) is 0 Å². The summed E-state index contributed by atoms with van der Waals surface area (Å²) in [6, 6.07) is 7.32. The average Bonchev–Trinajstić information content (AvgIpc) is 2.81. The van der Waals surface area contributed by atoms with E-state index in [1.165, 1.54) is 0 Å². The molecule has 0 N–H and O–H groups in total. The number of furan rings is 1. The largest absolute Gasteiger partial charge is 0.465 e. The van der Waals surface area contributed by atoms with Crippen LogP contribution in [0.1, 0.15) is 31.1 Å². The lowest BCUT2D eigenvalue weighted by molar-refractivity contribution is -0.157. The summed E-state index contributed by atoms with van der Waals surface area (Å²) in [6.45, 7) is 5.70. The van der Waals surface area contributed by atoms with Gasteiger partial charge >= 0.3 is 11.9 Å². The lowest BCUT2D eigenvalue weighted by atomic mass is 10.1. The van der Waals surface area contributed by atoms with Gasteiger partial charge in [-0.15, -0.1) is 0 Å². The predicted octanol–water partition coefficient (Wildman–Crippen LogP) is 2.95. The van der Waals surface area contributed by atoms with Crippen molar-refractivity contribution in [1.29, 1.82) is 0 Å². The topological polar surface area (TPSA) is 65.7 Å². The average molecular weight is 290 g/mol. The summed E-state index contributed by atoms with van der Waals surface area (Å²) in [5.41, 5.74) is 1.69. The van der Waals surface area contributed by atoms with Gasteiger partial charge in [-0.05, 0) is 39.0 Å². The van der Waals surface area contributed by atoms with Gasteiger partial charge in [-0.25, -0.2) is 0 Å². The molecule has 1 aromatic heterocycles. The van der Waals surface area contributed by atoms with Crippen LogP contribution in [0.15, 0.2) is 28.7 Å². The molecule has 0 radical (unpaired) electrons. The Kier molecular flexibility index (Phi) is 4.62. The summed E-state index contributed by atoms with van der Waals surface area (Å²) in [4.78, 5) is 24.0. The molecule has 0 aliphatic carbocycles. The molecule has 0 fully saturated rings. The minimum absolute atomic E-state index is 0.189. The minimum Gasteiger partial charge on any atom is -0.465 e. The molecular formula is C16H18O5. The van der Waals surface area contributed by atoms with Gasteiger partial charge in [0.05, 0.1) is 13.2 Å². The van der Waals surface area contributed by atoms with Crippen molar-refractivity contribution >= 4 is 22.9 Å². The van der Waals surface area contributed by atoms with Crippen LogP contribution in [-0.2, 0) is 19.1 Å². The van der Waals surface area contributed by atoms with Crippen molar-refractivity contribution < 1.29 is 23.5 Å². The summed E-state index contributed by atoms with van der Waals surface area (Å²) in [5.74, 6) is -2.26. The number of ether oxygens (including phenoxy) is 2. The second kappa shape index (κ2) is 6.43. The molecule has 21 heavy (non-hydrogen) atoms. The Bertz CT molecular complexity index is 638. The third-order valence-electron chi connectivity index (χ3n) is 3.02. The highest BCUT2D eigenvalue weighted by Crippen LogP contribution is 2.28. The van der Waals surface area contributed by atoms with Gasteiger partial charge in [0.25, 0.3) is 0 Å². The Morgan fingerprint density at radius 2 is 1.71 bits per heavy atom. The molecule has 0 aliphatic rings. The van der Waals surface area contributed by atoms with Crippen LogP contribution in [0.3, 0.4) is 0 Å². The third-order valence-corrected chi connectivity index (χ3v) is 3.02. The van der Waals surface area contributed by atoms with Crippen LogP contribution in [0.2, 0.25) is 0 Å². The molecule has 1 aromatic carbocycles. The zero-order valence-electron chi connectivity index (χ0n) is 12.3. The van der Waals surface area contributed by atoms with Gasteiger partial charge in [0.15, 0.2) is 0 Å². The fraction of sp³-hybridized carbons (Fsp3) is 0.375. The Morgan fingerprint density at radius 3 is 2.29 bits per heavy atom. The monoisotopic (exact) mass is 290 g/mol. The van der Waals surface area contributed by atoms with Crippen molar-refractivity contribution in [3.05, 3.63) is 35.6 Å². The van der Waals surface area contributed by atoms with Crippen molar-refractivity contribution in [2.75, 3.05) is 13.2 Å². The molecule has 0 spiro atoms. The maximum absolute atomic E-state index is 12.0. The van der Waals surface area contributed by atoms with Gasteiger partial charge in [-0.2, -0.15) is 0 Å². The SMILES string of the molecule is CCOC(=O)C(C(=O)OCC)c1cc2cc(C)ccc2o1. The molecule has 0 saturated heterocycles. The van der Waals surface area contributed by atoms with Crippen LogP contribution in [0.25, 0.3) is 11.0 Å². The van der Waals surface area contributed by atoms with E-state index < -0.39 is 17.9 Å². The first-order valence-corrected chi connectivity index (χ1v) is 6.90. The van der Waals surface area contributed by atoms with E-state index in [0.29, 0.717) is 5.58 Å². The molecule has 0 saturated carbocycles. The first kappa shape index (κ1) is 15.1. The summed E-state index contributed by atoms with van der Waals surface area (Å²) in [7, 11) is 0. The number of carbonyl (C=O) groups is 2. The zero-order valence-corrected chi connectivity index (χ0v) is 12.3. The molecule has 5 nitrogen and oxygen atoms in total. The van der Waals surface area contributed by atoms with Gasteiger partial charge in [0, 0.05) is 5.39 Å². The van der Waals surface area contributed by atoms with E-state index in [1.807, 2.05) is 25.1 Å². The number of aryl methyl sites for hydroxylation is 1. The van der Waals surface area contributed by atoms with Crippen LogP contribution >= 0.6 is 0 Å². The maximum Gasteiger partial charge on any atom is 0.328 e. The summed E-state index contributed by atoms with van der Waals surface area (Å²) >= 11 is 0. The summed E-state index contributed by atoms with van der Waals surface area (Å²) in [6.07, 6.45) is 0. The standard InChI is InChI=1S/C16H18O5/c1-4-19-15(17)14(16(18)20-5-2)13-9-11-8-10(3)6-7-12(11)21-13/h6-9,14H,4-5H2,1-3H3. The fourth-order valence-electron chi connectivity index (χ4n) is 2.11. The van der Waals surface area contributed by atoms with Gasteiger partial charge < -0.3 is 13.9 Å². The zero-order chi connectivity index (χ0) is 15.4. The normalized spacial score (nSPS) is 10.9. The Morgan fingerprint density at radius 1 is 1.10 bits per heavy atom. The number of hydrogen-bond donors (Lipinski definition) is 0. The van der Waals surface area contributed by atoms with E-state index in [9.17, 15) is 9.59 Å². The quantitative estimate of drug-likeness (QED) is 0.625. The maximum atomic E-state index is 12.0. The van der Waals surface area contributed by atoms with E-state index in [0.717, 1.165) is 10.9 Å². The summed E-state index contributed by atoms with van der Waals surface area (Å²) < 4.78 is 15.5. The van der Waals surface area contributed by atoms with E-state index in [4.69, 9.17) is 13.9 Å². The molecular weight excluding hydrogens is 272 g/mol. The molecule has 2 rings (SSSR count). The number of hydrogen-bond acceptors (Lipinski definition) is 5. The highest BCUT2D eigenvalue weighted by molar-refractivity contribution is 6.01. The number of benzene rings is 1. The summed E-state index contributed by atoms with van der Waals surface area (Å²) in [5, 5.41) is 0.837. The molecule has 0 atom stereocenters. The van der Waals surface area contributed by atoms with Crippen LogP contribution in [0.5, 0.6) is 0 Å². The van der Waals surface area contributed by atoms with Crippen molar-refractivity contribution in [2.24, 2.45) is 0 Å². The van der Waals surface area contributed by atoms with Crippen molar-refractivity contribution in [2.45, 2.75) is 26.7 Å². The van der Waals surface area contributed by atoms with Crippen molar-refractivity contribution in [1.82, 2.24) is 0 Å². The molecule has 1 heterocycles. The van der Waals surface area contributed by atoms with Crippen LogP contribution in [-0.4, -0.2) is 25.2 Å². The van der Waals surface area contributed by atoms with E-state index in [2.05, 4.69) is 0 Å². The Labute approximate surface area is 122 Å². The Balaban J connectivity index is 2.42. The molecule has 112 valence electrons. The highest BCUT2D eigenvalue weighted by atomic mass is 16.6. The first-order valence-electron chi connectivity index (χ1n) is 6.90. The minimum atomic E-state index is -1.18. The third kappa shape index (κ3) is 3.24. The van der Waals surface area contributed by atoms with Crippen LogP contribution in [0, 0.1) is 6.92 Å². The second-order valence-electron chi connectivity index (χ2n) is 4.63. The first-order chi connectivity index (χ1) is 10.1.